The van der Waals surface area contributed by atoms with Crippen LogP contribution in [-0.2, 0) is 6.54 Å². The van der Waals surface area contributed by atoms with Gasteiger partial charge in [0.15, 0.2) is 0 Å². The Morgan fingerprint density at radius 1 is 1.27 bits per heavy atom. The summed E-state index contributed by atoms with van der Waals surface area (Å²) in [5, 5.41) is 8.07. The third kappa shape index (κ3) is 2.23. The molecule has 0 amide bonds. The van der Waals surface area contributed by atoms with Crippen LogP contribution >= 0.6 is 0 Å². The molecule has 3 heteroatoms. The number of nitrogens with zero attached hydrogens (tertiary/aromatic N) is 2. The standard InChI is InChI=1S/C12H19N3/c1-2-11(1)12-5-8-15(14-12)9-10-3-6-13-7-4-10/h5,8,10-11,13H,1-4,6-7,9H2. The van der Waals surface area contributed by atoms with Gasteiger partial charge < -0.3 is 5.32 Å². The molecule has 0 bridgehead atoms. The second-order valence-electron chi connectivity index (χ2n) is 4.93. The smallest absolute Gasteiger partial charge is 0.0655 e. The molecule has 3 nitrogen and oxygen atoms in total. The highest BCUT2D eigenvalue weighted by molar-refractivity contribution is 5.12. The minimum Gasteiger partial charge on any atom is -0.317 e. The second-order valence-corrected chi connectivity index (χ2v) is 4.93. The van der Waals surface area contributed by atoms with Gasteiger partial charge in [-0.25, -0.2) is 0 Å². The SMILES string of the molecule is c1cn(CC2CCNCC2)nc1C1CC1. The lowest BCUT2D eigenvalue weighted by atomic mass is 9.98. The van der Waals surface area contributed by atoms with Gasteiger partial charge in [0.2, 0.25) is 0 Å². The van der Waals surface area contributed by atoms with Gasteiger partial charge >= 0.3 is 0 Å². The van der Waals surface area contributed by atoms with Gasteiger partial charge in [0.05, 0.1) is 5.69 Å². The minimum atomic E-state index is 0.791. The maximum atomic E-state index is 4.66. The van der Waals surface area contributed by atoms with E-state index in [-0.39, 0.29) is 0 Å². The van der Waals surface area contributed by atoms with E-state index >= 15 is 0 Å². The summed E-state index contributed by atoms with van der Waals surface area (Å²) >= 11 is 0. The first-order valence-electron chi connectivity index (χ1n) is 6.16. The van der Waals surface area contributed by atoms with E-state index in [4.69, 9.17) is 0 Å². The lowest BCUT2D eigenvalue weighted by Crippen LogP contribution is -2.30. The number of piperidine rings is 1. The fourth-order valence-corrected chi connectivity index (χ4v) is 2.40. The largest absolute Gasteiger partial charge is 0.317 e. The predicted octanol–water partition coefficient (Wildman–Crippen LogP) is 1.76. The molecule has 82 valence electrons. The zero-order valence-corrected chi connectivity index (χ0v) is 9.15. The van der Waals surface area contributed by atoms with Crippen molar-refractivity contribution >= 4 is 0 Å². The van der Waals surface area contributed by atoms with Crippen molar-refractivity contribution in [2.45, 2.75) is 38.1 Å². The number of nitrogens with one attached hydrogen (secondary N) is 1. The predicted molar refractivity (Wildman–Crippen MR) is 59.8 cm³/mol. The first-order chi connectivity index (χ1) is 7.42. The van der Waals surface area contributed by atoms with E-state index in [1.165, 1.54) is 44.5 Å². The summed E-state index contributed by atoms with van der Waals surface area (Å²) in [6.45, 7) is 3.48. The first-order valence-corrected chi connectivity index (χ1v) is 6.16. The van der Waals surface area contributed by atoms with Crippen LogP contribution in [0.15, 0.2) is 12.3 Å². The van der Waals surface area contributed by atoms with E-state index < -0.39 is 0 Å². The van der Waals surface area contributed by atoms with Gasteiger partial charge in [-0.15, -0.1) is 0 Å². The molecule has 0 aromatic carbocycles. The van der Waals surface area contributed by atoms with Crippen LogP contribution in [0.25, 0.3) is 0 Å². The molecule has 15 heavy (non-hydrogen) atoms. The number of hydrogen-bond acceptors (Lipinski definition) is 2. The number of aromatic nitrogens is 2. The van der Waals surface area contributed by atoms with Crippen LogP contribution in [0.5, 0.6) is 0 Å². The van der Waals surface area contributed by atoms with Crippen molar-refractivity contribution in [3.63, 3.8) is 0 Å². The molecule has 2 fully saturated rings. The maximum absolute atomic E-state index is 4.66. The summed E-state index contributed by atoms with van der Waals surface area (Å²) in [4.78, 5) is 0. The van der Waals surface area contributed by atoms with Gasteiger partial charge in [0.1, 0.15) is 0 Å². The summed E-state index contributed by atoms with van der Waals surface area (Å²) < 4.78 is 2.16. The molecule has 2 aliphatic rings. The van der Waals surface area contributed by atoms with Crippen molar-refractivity contribution in [1.82, 2.24) is 15.1 Å². The summed E-state index contributed by atoms with van der Waals surface area (Å²) in [7, 11) is 0. The third-order valence-electron chi connectivity index (χ3n) is 3.56. The summed E-state index contributed by atoms with van der Waals surface area (Å²) in [5.41, 5.74) is 1.32. The lowest BCUT2D eigenvalue weighted by molar-refractivity contribution is 0.320. The van der Waals surface area contributed by atoms with Crippen molar-refractivity contribution in [3.05, 3.63) is 18.0 Å². The normalized spacial score (nSPS) is 23.2. The fourth-order valence-electron chi connectivity index (χ4n) is 2.40. The quantitative estimate of drug-likeness (QED) is 0.815. The molecule has 0 unspecified atom stereocenters. The van der Waals surface area contributed by atoms with Crippen LogP contribution in [0.1, 0.15) is 37.3 Å². The van der Waals surface area contributed by atoms with E-state index in [2.05, 4.69) is 27.4 Å². The molecule has 0 atom stereocenters. The zero-order chi connectivity index (χ0) is 10.1. The van der Waals surface area contributed by atoms with Gasteiger partial charge in [0.25, 0.3) is 0 Å². The maximum Gasteiger partial charge on any atom is 0.0655 e. The molecule has 3 rings (SSSR count). The molecule has 1 aromatic heterocycles. The number of hydrogen-bond donors (Lipinski definition) is 1. The van der Waals surface area contributed by atoms with Crippen molar-refractivity contribution in [1.29, 1.82) is 0 Å². The minimum absolute atomic E-state index is 0.791. The average molecular weight is 205 g/mol. The van der Waals surface area contributed by atoms with Crippen molar-refractivity contribution in [2.24, 2.45) is 5.92 Å². The van der Waals surface area contributed by atoms with Crippen molar-refractivity contribution < 1.29 is 0 Å². The monoisotopic (exact) mass is 205 g/mol. The highest BCUT2D eigenvalue weighted by atomic mass is 15.3. The Hall–Kier alpha value is -0.830. The Morgan fingerprint density at radius 2 is 2.07 bits per heavy atom. The zero-order valence-electron chi connectivity index (χ0n) is 9.15. The van der Waals surface area contributed by atoms with Gasteiger partial charge in [-0.1, -0.05) is 0 Å². The summed E-state index contributed by atoms with van der Waals surface area (Å²) in [6.07, 6.45) is 7.47. The molecule has 1 saturated carbocycles. The Labute approximate surface area is 90.9 Å². The molecule has 1 aliphatic heterocycles. The van der Waals surface area contributed by atoms with Crippen LogP contribution in [0.4, 0.5) is 0 Å². The van der Waals surface area contributed by atoms with E-state index in [1.807, 2.05) is 0 Å². The van der Waals surface area contributed by atoms with E-state index in [0.29, 0.717) is 0 Å². The highest BCUT2D eigenvalue weighted by Gasteiger charge is 2.26. The molecule has 1 N–H and O–H groups in total. The Kier molecular flexibility index (Phi) is 2.49. The molecule has 2 heterocycles. The van der Waals surface area contributed by atoms with Gasteiger partial charge in [0, 0.05) is 18.7 Å². The van der Waals surface area contributed by atoms with E-state index in [0.717, 1.165) is 18.4 Å². The van der Waals surface area contributed by atoms with Crippen LogP contribution < -0.4 is 5.32 Å². The Bertz CT molecular complexity index is 321. The van der Waals surface area contributed by atoms with Crippen molar-refractivity contribution in [2.75, 3.05) is 13.1 Å². The molecule has 1 saturated heterocycles. The van der Waals surface area contributed by atoms with E-state index in [9.17, 15) is 0 Å². The van der Waals surface area contributed by atoms with Crippen molar-refractivity contribution in [3.8, 4) is 0 Å². The van der Waals surface area contributed by atoms with Gasteiger partial charge in [-0.2, -0.15) is 5.10 Å². The first kappa shape index (κ1) is 9.40. The second kappa shape index (κ2) is 3.97. The molecule has 1 aromatic rings. The van der Waals surface area contributed by atoms with E-state index in [1.54, 1.807) is 0 Å². The van der Waals surface area contributed by atoms with Crippen LogP contribution in [0, 0.1) is 5.92 Å². The average Bonchev–Trinajstić information content (AvgIpc) is 3.02. The highest BCUT2D eigenvalue weighted by Crippen LogP contribution is 2.38. The Balaban J connectivity index is 1.60. The number of rotatable bonds is 3. The molecular weight excluding hydrogens is 186 g/mol. The van der Waals surface area contributed by atoms with Gasteiger partial charge in [-0.05, 0) is 50.8 Å². The fraction of sp³-hybridized carbons (Fsp3) is 0.750. The molecule has 1 aliphatic carbocycles. The molecule has 0 spiro atoms. The summed E-state index contributed by atoms with van der Waals surface area (Å²) in [6, 6.07) is 2.21. The Morgan fingerprint density at radius 3 is 2.80 bits per heavy atom. The van der Waals surface area contributed by atoms with Crippen LogP contribution in [0.3, 0.4) is 0 Å². The summed E-state index contributed by atoms with van der Waals surface area (Å²) in [5.74, 6) is 1.62. The topological polar surface area (TPSA) is 29.9 Å². The third-order valence-corrected chi connectivity index (χ3v) is 3.56. The molecule has 0 radical (unpaired) electrons. The van der Waals surface area contributed by atoms with Crippen LogP contribution in [0.2, 0.25) is 0 Å². The van der Waals surface area contributed by atoms with Crippen LogP contribution in [-0.4, -0.2) is 22.9 Å². The lowest BCUT2D eigenvalue weighted by Gasteiger charge is -2.22. The molecular formula is C12H19N3. The van der Waals surface area contributed by atoms with Gasteiger partial charge in [-0.3, -0.25) is 4.68 Å².